The van der Waals surface area contributed by atoms with Crippen molar-refractivity contribution in [1.29, 1.82) is 0 Å². The highest BCUT2D eigenvalue weighted by Crippen LogP contribution is 2.11. The molecule has 1 atom stereocenters. The van der Waals surface area contributed by atoms with Gasteiger partial charge < -0.3 is 20.1 Å². The molecule has 0 spiro atoms. The molecule has 154 valence electrons. The maximum absolute atomic E-state index is 5.67. The van der Waals surface area contributed by atoms with Gasteiger partial charge in [0.25, 0.3) is 0 Å². The quantitative estimate of drug-likeness (QED) is 0.238. The van der Waals surface area contributed by atoms with Crippen LogP contribution in [0.2, 0.25) is 0 Å². The number of rotatable bonds is 9. The summed E-state index contributed by atoms with van der Waals surface area (Å²) >= 11 is 0. The molecular weight excluding hydrogens is 471 g/mol. The molecule has 8 nitrogen and oxygen atoms in total. The SMILES string of the molecule is CN=C(NCCCOCC1CCCO1)NCc1ccnc(-n2cccn2)c1.I. The third kappa shape index (κ3) is 7.36. The Morgan fingerprint density at radius 3 is 3.07 bits per heavy atom. The summed E-state index contributed by atoms with van der Waals surface area (Å²) in [7, 11) is 1.77. The van der Waals surface area contributed by atoms with Crippen molar-refractivity contribution in [2.45, 2.75) is 31.9 Å². The maximum atomic E-state index is 5.67. The van der Waals surface area contributed by atoms with Gasteiger partial charge in [-0.3, -0.25) is 4.99 Å². The lowest BCUT2D eigenvalue weighted by molar-refractivity contribution is 0.0168. The molecule has 2 aromatic heterocycles. The average molecular weight is 500 g/mol. The van der Waals surface area contributed by atoms with E-state index in [2.05, 4.69) is 25.7 Å². The first-order valence-electron chi connectivity index (χ1n) is 9.44. The molecule has 3 heterocycles. The molecule has 0 aromatic carbocycles. The predicted octanol–water partition coefficient (Wildman–Crippen LogP) is 2.14. The summed E-state index contributed by atoms with van der Waals surface area (Å²) < 4.78 is 13.0. The van der Waals surface area contributed by atoms with Crippen molar-refractivity contribution in [3.63, 3.8) is 0 Å². The van der Waals surface area contributed by atoms with E-state index in [4.69, 9.17) is 9.47 Å². The molecule has 1 aliphatic heterocycles. The van der Waals surface area contributed by atoms with E-state index in [1.807, 2.05) is 24.4 Å². The monoisotopic (exact) mass is 500 g/mol. The average Bonchev–Trinajstić information content (AvgIpc) is 3.41. The van der Waals surface area contributed by atoms with Crippen molar-refractivity contribution in [3.05, 3.63) is 42.4 Å². The lowest BCUT2D eigenvalue weighted by Gasteiger charge is -2.13. The summed E-state index contributed by atoms with van der Waals surface area (Å²) in [5.74, 6) is 1.57. The normalized spacial score (nSPS) is 16.6. The minimum Gasteiger partial charge on any atom is -0.379 e. The molecule has 9 heteroatoms. The van der Waals surface area contributed by atoms with Gasteiger partial charge in [-0.05, 0) is 43.0 Å². The van der Waals surface area contributed by atoms with Crippen LogP contribution in [0, 0.1) is 0 Å². The lowest BCUT2D eigenvalue weighted by atomic mass is 10.2. The van der Waals surface area contributed by atoms with Gasteiger partial charge in [-0.1, -0.05) is 0 Å². The first-order valence-corrected chi connectivity index (χ1v) is 9.44. The van der Waals surface area contributed by atoms with E-state index in [0.717, 1.165) is 56.4 Å². The number of hydrogen-bond acceptors (Lipinski definition) is 5. The number of aromatic nitrogens is 3. The Labute approximate surface area is 183 Å². The molecule has 2 N–H and O–H groups in total. The zero-order valence-electron chi connectivity index (χ0n) is 16.2. The van der Waals surface area contributed by atoms with Gasteiger partial charge in [0.15, 0.2) is 11.8 Å². The minimum atomic E-state index is 0. The third-order valence-corrected chi connectivity index (χ3v) is 4.32. The molecular formula is C19H29IN6O2. The van der Waals surface area contributed by atoms with Crippen molar-refractivity contribution in [3.8, 4) is 5.82 Å². The standard InChI is InChI=1S/C19H28N6O2.HI/c1-20-19(22-7-4-11-26-15-17-5-2-12-27-17)23-14-16-6-9-21-18(13-16)25-10-3-8-24-25;/h3,6,8-10,13,17H,2,4-5,7,11-12,14-15H2,1H3,(H2,20,22,23);1H. The van der Waals surface area contributed by atoms with Crippen LogP contribution < -0.4 is 10.6 Å². The first kappa shape index (κ1) is 22.6. The fraction of sp³-hybridized carbons (Fsp3) is 0.526. The molecule has 1 unspecified atom stereocenters. The van der Waals surface area contributed by atoms with E-state index >= 15 is 0 Å². The molecule has 0 aliphatic carbocycles. The summed E-state index contributed by atoms with van der Waals surface area (Å²) in [4.78, 5) is 8.60. The van der Waals surface area contributed by atoms with Crippen molar-refractivity contribution in [1.82, 2.24) is 25.4 Å². The van der Waals surface area contributed by atoms with Crippen LogP contribution in [0.25, 0.3) is 5.82 Å². The van der Waals surface area contributed by atoms with Crippen molar-refractivity contribution in [2.75, 3.05) is 33.4 Å². The summed E-state index contributed by atoms with van der Waals surface area (Å²) in [5, 5.41) is 10.8. The van der Waals surface area contributed by atoms with Crippen LogP contribution in [0.15, 0.2) is 41.8 Å². The van der Waals surface area contributed by atoms with Crippen LogP contribution in [0.4, 0.5) is 0 Å². The highest BCUT2D eigenvalue weighted by atomic mass is 127. The van der Waals surface area contributed by atoms with Crippen LogP contribution in [0.3, 0.4) is 0 Å². The number of halogens is 1. The Kier molecular flexibility index (Phi) is 10.2. The smallest absolute Gasteiger partial charge is 0.191 e. The van der Waals surface area contributed by atoms with E-state index in [0.29, 0.717) is 19.3 Å². The van der Waals surface area contributed by atoms with E-state index < -0.39 is 0 Å². The zero-order chi connectivity index (χ0) is 18.7. The van der Waals surface area contributed by atoms with Crippen molar-refractivity contribution >= 4 is 29.9 Å². The molecule has 0 amide bonds. The highest BCUT2D eigenvalue weighted by Gasteiger charge is 2.14. The van der Waals surface area contributed by atoms with E-state index in [1.54, 1.807) is 24.1 Å². The molecule has 1 aliphatic rings. The van der Waals surface area contributed by atoms with Crippen LogP contribution >= 0.6 is 24.0 Å². The van der Waals surface area contributed by atoms with Crippen LogP contribution in [-0.4, -0.2) is 60.2 Å². The largest absolute Gasteiger partial charge is 0.379 e. The Morgan fingerprint density at radius 1 is 1.39 bits per heavy atom. The van der Waals surface area contributed by atoms with Crippen LogP contribution in [-0.2, 0) is 16.0 Å². The number of ether oxygens (including phenoxy) is 2. The number of aliphatic imine (C=N–C) groups is 1. The van der Waals surface area contributed by atoms with Gasteiger partial charge >= 0.3 is 0 Å². The first-order chi connectivity index (χ1) is 13.3. The summed E-state index contributed by atoms with van der Waals surface area (Å²) in [5.41, 5.74) is 1.11. The highest BCUT2D eigenvalue weighted by molar-refractivity contribution is 14.0. The van der Waals surface area contributed by atoms with E-state index in [9.17, 15) is 0 Å². The Bertz CT molecular complexity index is 704. The summed E-state index contributed by atoms with van der Waals surface area (Å²) in [6.45, 7) is 3.76. The predicted molar refractivity (Wildman–Crippen MR) is 119 cm³/mol. The van der Waals surface area contributed by atoms with Crippen molar-refractivity contribution in [2.24, 2.45) is 4.99 Å². The fourth-order valence-electron chi connectivity index (χ4n) is 2.88. The second-order valence-electron chi connectivity index (χ2n) is 6.39. The molecule has 3 rings (SSSR count). The van der Waals surface area contributed by atoms with Crippen molar-refractivity contribution < 1.29 is 9.47 Å². The maximum Gasteiger partial charge on any atom is 0.191 e. The van der Waals surface area contributed by atoms with Crippen LogP contribution in [0.5, 0.6) is 0 Å². The number of nitrogens with one attached hydrogen (secondary N) is 2. The molecule has 1 saturated heterocycles. The Balaban J connectivity index is 0.00000280. The van der Waals surface area contributed by atoms with Gasteiger partial charge in [-0.25, -0.2) is 9.67 Å². The molecule has 0 radical (unpaired) electrons. The Hall–Kier alpha value is -1.72. The fourth-order valence-corrected chi connectivity index (χ4v) is 2.88. The molecule has 1 fully saturated rings. The lowest BCUT2D eigenvalue weighted by Crippen LogP contribution is -2.37. The second kappa shape index (κ2) is 12.7. The summed E-state index contributed by atoms with van der Waals surface area (Å²) in [6, 6.07) is 5.86. The number of hydrogen-bond donors (Lipinski definition) is 2. The van der Waals surface area contributed by atoms with Crippen LogP contribution in [0.1, 0.15) is 24.8 Å². The number of pyridine rings is 1. The van der Waals surface area contributed by atoms with Gasteiger partial charge in [0.2, 0.25) is 0 Å². The summed E-state index contributed by atoms with van der Waals surface area (Å²) in [6.07, 6.45) is 8.88. The molecule has 2 aromatic rings. The molecule has 0 saturated carbocycles. The minimum absolute atomic E-state index is 0. The van der Waals surface area contributed by atoms with Gasteiger partial charge in [0.05, 0.1) is 12.7 Å². The van der Waals surface area contributed by atoms with Gasteiger partial charge in [0.1, 0.15) is 0 Å². The second-order valence-corrected chi connectivity index (χ2v) is 6.39. The van der Waals surface area contributed by atoms with E-state index in [1.165, 1.54) is 0 Å². The van der Waals surface area contributed by atoms with Gasteiger partial charge in [-0.2, -0.15) is 5.10 Å². The van der Waals surface area contributed by atoms with Gasteiger partial charge in [-0.15, -0.1) is 24.0 Å². The number of guanidine groups is 1. The zero-order valence-corrected chi connectivity index (χ0v) is 18.5. The molecule has 0 bridgehead atoms. The third-order valence-electron chi connectivity index (χ3n) is 4.32. The Morgan fingerprint density at radius 2 is 2.32 bits per heavy atom. The van der Waals surface area contributed by atoms with E-state index in [-0.39, 0.29) is 24.0 Å². The number of nitrogens with zero attached hydrogens (tertiary/aromatic N) is 4. The topological polar surface area (TPSA) is 85.6 Å². The van der Waals surface area contributed by atoms with Gasteiger partial charge in [0, 0.05) is 51.9 Å². The molecule has 28 heavy (non-hydrogen) atoms.